The number of nitrogens with zero attached hydrogens (tertiary/aromatic N) is 2. The third-order valence-corrected chi connectivity index (χ3v) is 7.85. The van der Waals surface area contributed by atoms with Crippen LogP contribution in [-0.2, 0) is 39.1 Å². The quantitative estimate of drug-likeness (QED) is 0.491. The lowest BCUT2D eigenvalue weighted by atomic mass is 10.1. The first-order valence-electron chi connectivity index (χ1n) is 11.6. The molecule has 1 N–H and O–H groups in total. The number of ether oxygens (including phenoxy) is 1. The molecule has 0 bridgehead atoms. The van der Waals surface area contributed by atoms with Crippen LogP contribution in [-0.4, -0.2) is 49.5 Å². The Labute approximate surface area is 205 Å². The number of hydrogen-bond acceptors (Lipinski definition) is 5. The molecule has 1 amide bonds. The van der Waals surface area contributed by atoms with Gasteiger partial charge in [0.15, 0.2) is 0 Å². The van der Waals surface area contributed by atoms with Gasteiger partial charge in [-0.2, -0.15) is 4.31 Å². The first-order chi connectivity index (χ1) is 16.9. The predicted molar refractivity (Wildman–Crippen MR) is 132 cm³/mol. The number of carbonyl (C=O) groups is 1. The Morgan fingerprint density at radius 3 is 2.23 bits per heavy atom. The van der Waals surface area contributed by atoms with E-state index in [4.69, 9.17) is 4.74 Å². The predicted octanol–water partition coefficient (Wildman–Crippen LogP) is 2.17. The Morgan fingerprint density at radius 2 is 1.54 bits per heavy atom. The monoisotopic (exact) mass is 495 g/mol. The van der Waals surface area contributed by atoms with Crippen molar-refractivity contribution in [2.45, 2.75) is 30.8 Å². The molecule has 9 heteroatoms. The summed E-state index contributed by atoms with van der Waals surface area (Å²) in [5.41, 5.74) is 2.84. The van der Waals surface area contributed by atoms with Gasteiger partial charge in [0.2, 0.25) is 15.9 Å². The number of morpholine rings is 1. The van der Waals surface area contributed by atoms with Crippen molar-refractivity contribution in [3.05, 3.63) is 100.0 Å². The molecule has 0 unspecified atom stereocenters. The third kappa shape index (κ3) is 6.66. The van der Waals surface area contributed by atoms with E-state index in [1.54, 1.807) is 41.1 Å². The fourth-order valence-electron chi connectivity index (χ4n) is 3.86. The first kappa shape index (κ1) is 24.8. The lowest BCUT2D eigenvalue weighted by molar-refractivity contribution is -0.121. The summed E-state index contributed by atoms with van der Waals surface area (Å²) in [6, 6.07) is 19.6. The van der Waals surface area contributed by atoms with Gasteiger partial charge in [0.1, 0.15) is 0 Å². The lowest BCUT2D eigenvalue weighted by Crippen LogP contribution is -2.40. The van der Waals surface area contributed by atoms with Crippen LogP contribution in [0.5, 0.6) is 0 Å². The number of aromatic nitrogens is 1. The van der Waals surface area contributed by atoms with Crippen molar-refractivity contribution in [2.75, 3.05) is 26.3 Å². The minimum Gasteiger partial charge on any atom is -0.379 e. The molecule has 184 valence electrons. The molecular weight excluding hydrogens is 466 g/mol. The second-order valence-corrected chi connectivity index (χ2v) is 10.4. The standard InChI is InChI=1S/C26H29N3O5S/c30-25(27-19-22-4-6-23(7-5-22)20-28-14-2-1-3-26(28)31)13-10-21-8-11-24(12-9-21)35(32,33)29-15-17-34-18-16-29/h1-9,11-12,14H,10,13,15-20H2,(H,27,30). The van der Waals surface area contributed by atoms with Gasteiger partial charge in [-0.3, -0.25) is 9.59 Å². The second kappa shape index (κ2) is 11.4. The summed E-state index contributed by atoms with van der Waals surface area (Å²) >= 11 is 0. The molecule has 8 nitrogen and oxygen atoms in total. The zero-order valence-electron chi connectivity index (χ0n) is 19.4. The molecule has 4 rings (SSSR count). The minimum atomic E-state index is -3.52. The summed E-state index contributed by atoms with van der Waals surface area (Å²) in [6.45, 7) is 2.46. The van der Waals surface area contributed by atoms with Crippen LogP contribution in [0.2, 0.25) is 0 Å². The maximum atomic E-state index is 12.7. The summed E-state index contributed by atoms with van der Waals surface area (Å²) in [5, 5.41) is 2.92. The van der Waals surface area contributed by atoms with Crippen molar-refractivity contribution in [3.63, 3.8) is 0 Å². The van der Waals surface area contributed by atoms with Crippen LogP contribution in [0.3, 0.4) is 0 Å². The molecule has 0 aliphatic carbocycles. The lowest BCUT2D eigenvalue weighted by Gasteiger charge is -2.26. The number of nitrogens with one attached hydrogen (secondary N) is 1. The molecule has 0 radical (unpaired) electrons. The normalized spacial score (nSPS) is 14.5. The van der Waals surface area contributed by atoms with Gasteiger partial charge in [-0.1, -0.05) is 42.5 Å². The molecule has 2 heterocycles. The summed E-state index contributed by atoms with van der Waals surface area (Å²) in [5.74, 6) is -0.0741. The van der Waals surface area contributed by atoms with Crippen LogP contribution in [0.1, 0.15) is 23.1 Å². The van der Waals surface area contributed by atoms with Crippen LogP contribution in [0.25, 0.3) is 0 Å². The average molecular weight is 496 g/mol. The average Bonchev–Trinajstić information content (AvgIpc) is 2.89. The number of carbonyl (C=O) groups excluding carboxylic acids is 1. The van der Waals surface area contributed by atoms with E-state index in [0.717, 1.165) is 16.7 Å². The van der Waals surface area contributed by atoms with Crippen molar-refractivity contribution < 1.29 is 17.9 Å². The van der Waals surface area contributed by atoms with E-state index in [-0.39, 0.29) is 16.4 Å². The van der Waals surface area contributed by atoms with E-state index in [1.807, 2.05) is 30.3 Å². The van der Waals surface area contributed by atoms with Crippen LogP contribution in [0.4, 0.5) is 0 Å². The van der Waals surface area contributed by atoms with Gasteiger partial charge in [0.25, 0.3) is 5.56 Å². The smallest absolute Gasteiger partial charge is 0.250 e. The summed E-state index contributed by atoms with van der Waals surface area (Å²) in [6.07, 6.45) is 2.59. The maximum absolute atomic E-state index is 12.7. The van der Waals surface area contributed by atoms with Gasteiger partial charge in [-0.15, -0.1) is 0 Å². The number of sulfonamides is 1. The molecule has 0 saturated carbocycles. The number of pyridine rings is 1. The van der Waals surface area contributed by atoms with E-state index in [9.17, 15) is 18.0 Å². The molecule has 1 aromatic heterocycles. The second-order valence-electron chi connectivity index (χ2n) is 8.42. The Bertz CT molecular complexity index is 1300. The first-order valence-corrected chi connectivity index (χ1v) is 13.0. The topological polar surface area (TPSA) is 97.7 Å². The number of amides is 1. The largest absolute Gasteiger partial charge is 0.379 e. The SMILES string of the molecule is O=C(CCc1ccc(S(=O)(=O)N2CCOCC2)cc1)NCc1ccc(Cn2ccccc2=O)cc1. The van der Waals surface area contributed by atoms with Crippen LogP contribution >= 0.6 is 0 Å². The molecule has 1 aliphatic heterocycles. The van der Waals surface area contributed by atoms with Gasteiger partial charge in [-0.25, -0.2) is 8.42 Å². The minimum absolute atomic E-state index is 0.0443. The summed E-state index contributed by atoms with van der Waals surface area (Å²) in [7, 11) is -3.52. The van der Waals surface area contributed by atoms with Crippen LogP contribution in [0.15, 0.2) is 82.6 Å². The van der Waals surface area contributed by atoms with Gasteiger partial charge in [0, 0.05) is 38.3 Å². The van der Waals surface area contributed by atoms with E-state index < -0.39 is 10.0 Å². The Morgan fingerprint density at radius 1 is 0.886 bits per heavy atom. The van der Waals surface area contributed by atoms with Gasteiger partial charge in [-0.05, 0) is 41.3 Å². The molecule has 1 fully saturated rings. The number of rotatable bonds is 9. The van der Waals surface area contributed by atoms with Crippen molar-refractivity contribution >= 4 is 15.9 Å². The number of benzene rings is 2. The van der Waals surface area contributed by atoms with E-state index in [0.29, 0.717) is 52.2 Å². The van der Waals surface area contributed by atoms with E-state index >= 15 is 0 Å². The van der Waals surface area contributed by atoms with Crippen LogP contribution in [0, 0.1) is 0 Å². The Balaban J connectivity index is 1.23. The highest BCUT2D eigenvalue weighted by Gasteiger charge is 2.26. The highest BCUT2D eigenvalue weighted by Crippen LogP contribution is 2.18. The summed E-state index contributed by atoms with van der Waals surface area (Å²) < 4.78 is 33.7. The molecule has 1 aliphatic rings. The van der Waals surface area contributed by atoms with Gasteiger partial charge in [0.05, 0.1) is 24.7 Å². The van der Waals surface area contributed by atoms with Gasteiger partial charge < -0.3 is 14.6 Å². The zero-order chi connectivity index (χ0) is 24.7. The highest BCUT2D eigenvalue weighted by atomic mass is 32.2. The van der Waals surface area contributed by atoms with Crippen LogP contribution < -0.4 is 10.9 Å². The van der Waals surface area contributed by atoms with Crippen molar-refractivity contribution in [1.29, 1.82) is 0 Å². The third-order valence-electron chi connectivity index (χ3n) is 5.94. The molecule has 3 aromatic rings. The molecule has 0 atom stereocenters. The number of aryl methyl sites for hydroxylation is 1. The Kier molecular flexibility index (Phi) is 8.12. The molecule has 2 aromatic carbocycles. The molecule has 0 spiro atoms. The fraction of sp³-hybridized carbons (Fsp3) is 0.308. The zero-order valence-corrected chi connectivity index (χ0v) is 20.2. The molecule has 35 heavy (non-hydrogen) atoms. The number of hydrogen-bond donors (Lipinski definition) is 1. The van der Waals surface area contributed by atoms with E-state index in [1.165, 1.54) is 10.4 Å². The van der Waals surface area contributed by atoms with Crippen molar-refractivity contribution in [1.82, 2.24) is 14.2 Å². The molecule has 1 saturated heterocycles. The van der Waals surface area contributed by atoms with Gasteiger partial charge >= 0.3 is 0 Å². The maximum Gasteiger partial charge on any atom is 0.250 e. The summed E-state index contributed by atoms with van der Waals surface area (Å²) in [4.78, 5) is 24.4. The Hall–Kier alpha value is -3.27. The van der Waals surface area contributed by atoms with Crippen molar-refractivity contribution in [3.8, 4) is 0 Å². The molecular formula is C26H29N3O5S. The van der Waals surface area contributed by atoms with Crippen molar-refractivity contribution in [2.24, 2.45) is 0 Å². The van der Waals surface area contributed by atoms with E-state index in [2.05, 4.69) is 5.32 Å². The highest BCUT2D eigenvalue weighted by molar-refractivity contribution is 7.89. The fourth-order valence-corrected chi connectivity index (χ4v) is 5.27.